The van der Waals surface area contributed by atoms with E-state index in [1.54, 1.807) is 13.0 Å². The van der Waals surface area contributed by atoms with Gasteiger partial charge in [0.15, 0.2) is 5.16 Å². The molecule has 0 aliphatic heterocycles. The molecule has 0 saturated carbocycles. The smallest absolute Gasteiger partial charge is 0.251 e. The molecular formula is C10H8N2O2S2. The minimum absolute atomic E-state index is 0.108. The summed E-state index contributed by atoms with van der Waals surface area (Å²) in [7, 11) is 0. The third-order valence-electron chi connectivity index (χ3n) is 1.76. The Morgan fingerprint density at radius 1 is 1.56 bits per heavy atom. The Morgan fingerprint density at radius 2 is 2.38 bits per heavy atom. The predicted molar refractivity (Wildman–Crippen MR) is 64.1 cm³/mol. The highest BCUT2D eigenvalue weighted by molar-refractivity contribution is 8.14. The standard InChI is InChI=1S/C10H8N2O2S2/c1-6-5-8(13)12-10(11-6)16-9(14)7-3-2-4-15-7/h2-5H,1H3,(H,11,12,13). The molecule has 0 unspecified atom stereocenters. The van der Waals surface area contributed by atoms with Gasteiger partial charge in [-0.05, 0) is 30.1 Å². The molecule has 0 fully saturated rings. The highest BCUT2D eigenvalue weighted by Gasteiger charge is 2.10. The Balaban J connectivity index is 2.21. The van der Waals surface area contributed by atoms with Crippen LogP contribution in [0.5, 0.6) is 0 Å². The Bertz CT molecular complexity index is 560. The van der Waals surface area contributed by atoms with Gasteiger partial charge < -0.3 is 4.98 Å². The van der Waals surface area contributed by atoms with E-state index in [2.05, 4.69) is 9.97 Å². The van der Waals surface area contributed by atoms with Crippen LogP contribution < -0.4 is 5.56 Å². The first-order chi connectivity index (χ1) is 7.65. The largest absolute Gasteiger partial charge is 0.301 e. The van der Waals surface area contributed by atoms with Crippen LogP contribution in [0.25, 0.3) is 0 Å². The van der Waals surface area contributed by atoms with Crippen molar-refractivity contribution in [2.45, 2.75) is 12.1 Å². The van der Waals surface area contributed by atoms with E-state index in [-0.39, 0.29) is 10.7 Å². The summed E-state index contributed by atoms with van der Waals surface area (Å²) in [5.74, 6) is 0. The summed E-state index contributed by atoms with van der Waals surface area (Å²) in [5, 5.41) is 2.06. The van der Waals surface area contributed by atoms with Crippen molar-refractivity contribution in [2.75, 3.05) is 0 Å². The zero-order valence-electron chi connectivity index (χ0n) is 8.39. The van der Waals surface area contributed by atoms with Crippen LogP contribution in [0.2, 0.25) is 0 Å². The normalized spacial score (nSPS) is 10.3. The second-order valence-corrected chi connectivity index (χ2v) is 4.97. The van der Waals surface area contributed by atoms with E-state index in [0.717, 1.165) is 11.8 Å². The number of thioether (sulfide) groups is 1. The Labute approximate surface area is 99.7 Å². The number of hydrogen-bond donors (Lipinski definition) is 1. The number of nitrogens with one attached hydrogen (secondary N) is 1. The fourth-order valence-corrected chi connectivity index (χ4v) is 2.64. The van der Waals surface area contributed by atoms with Crippen molar-refractivity contribution in [3.63, 3.8) is 0 Å². The van der Waals surface area contributed by atoms with Gasteiger partial charge in [0.2, 0.25) is 5.12 Å². The lowest BCUT2D eigenvalue weighted by atomic mass is 10.5. The second kappa shape index (κ2) is 4.63. The molecule has 0 atom stereocenters. The van der Waals surface area contributed by atoms with Gasteiger partial charge in [0.25, 0.3) is 5.56 Å². The lowest BCUT2D eigenvalue weighted by Gasteiger charge is -1.98. The molecule has 2 rings (SSSR count). The number of aromatic nitrogens is 2. The lowest BCUT2D eigenvalue weighted by molar-refractivity contribution is 0.109. The highest BCUT2D eigenvalue weighted by Crippen LogP contribution is 2.21. The number of rotatable bonds is 2. The molecule has 2 heterocycles. The monoisotopic (exact) mass is 252 g/mol. The molecule has 0 radical (unpaired) electrons. The van der Waals surface area contributed by atoms with Crippen molar-refractivity contribution >= 4 is 28.2 Å². The molecule has 2 aromatic rings. The molecule has 82 valence electrons. The van der Waals surface area contributed by atoms with Gasteiger partial charge in [-0.2, -0.15) is 0 Å². The molecule has 0 spiro atoms. The predicted octanol–water partition coefficient (Wildman–Crippen LogP) is 2.07. The summed E-state index contributed by atoms with van der Waals surface area (Å²) in [6, 6.07) is 4.94. The van der Waals surface area contributed by atoms with E-state index >= 15 is 0 Å². The third-order valence-corrected chi connectivity index (χ3v) is 3.55. The molecule has 16 heavy (non-hydrogen) atoms. The van der Waals surface area contributed by atoms with E-state index in [9.17, 15) is 9.59 Å². The van der Waals surface area contributed by atoms with E-state index in [1.807, 2.05) is 11.4 Å². The van der Waals surface area contributed by atoms with Gasteiger partial charge in [-0.15, -0.1) is 11.3 Å². The molecule has 0 aliphatic carbocycles. The average Bonchev–Trinajstić information content (AvgIpc) is 2.68. The minimum atomic E-state index is -0.242. The summed E-state index contributed by atoms with van der Waals surface area (Å²) < 4.78 is 0. The van der Waals surface area contributed by atoms with Gasteiger partial charge in [0.1, 0.15) is 0 Å². The average molecular weight is 252 g/mol. The Kier molecular flexibility index (Phi) is 3.21. The Morgan fingerprint density at radius 3 is 3.00 bits per heavy atom. The summed E-state index contributed by atoms with van der Waals surface area (Å²) in [6.45, 7) is 1.72. The first-order valence-electron chi connectivity index (χ1n) is 4.49. The maximum Gasteiger partial charge on any atom is 0.251 e. The van der Waals surface area contributed by atoms with Crippen LogP contribution in [0.15, 0.2) is 33.5 Å². The molecular weight excluding hydrogens is 244 g/mol. The van der Waals surface area contributed by atoms with Crippen molar-refractivity contribution in [1.82, 2.24) is 9.97 Å². The summed E-state index contributed by atoms with van der Waals surface area (Å²) in [4.78, 5) is 30.1. The van der Waals surface area contributed by atoms with Crippen LogP contribution in [-0.2, 0) is 0 Å². The molecule has 0 saturated heterocycles. The van der Waals surface area contributed by atoms with Crippen molar-refractivity contribution in [2.24, 2.45) is 0 Å². The maximum absolute atomic E-state index is 11.7. The van der Waals surface area contributed by atoms with Crippen molar-refractivity contribution in [3.8, 4) is 0 Å². The second-order valence-electron chi connectivity index (χ2n) is 3.06. The SMILES string of the molecule is Cc1cc(=O)[nH]c(SC(=O)c2cccs2)n1. The molecule has 0 bridgehead atoms. The van der Waals surface area contributed by atoms with Crippen LogP contribution >= 0.6 is 23.1 Å². The summed E-state index contributed by atoms with van der Waals surface area (Å²) >= 11 is 2.30. The molecule has 4 nitrogen and oxygen atoms in total. The number of carbonyl (C=O) groups is 1. The number of hydrogen-bond acceptors (Lipinski definition) is 5. The van der Waals surface area contributed by atoms with Gasteiger partial charge in [0.05, 0.1) is 4.88 Å². The minimum Gasteiger partial charge on any atom is -0.301 e. The topological polar surface area (TPSA) is 62.8 Å². The number of aryl methyl sites for hydroxylation is 1. The zero-order valence-corrected chi connectivity index (χ0v) is 10.0. The van der Waals surface area contributed by atoms with Gasteiger partial charge in [-0.1, -0.05) is 6.07 Å². The van der Waals surface area contributed by atoms with Crippen LogP contribution in [-0.4, -0.2) is 15.1 Å². The first-order valence-corrected chi connectivity index (χ1v) is 6.18. The molecule has 1 N–H and O–H groups in total. The summed E-state index contributed by atoms with van der Waals surface area (Å²) in [5.41, 5.74) is 0.360. The fourth-order valence-electron chi connectivity index (χ4n) is 1.13. The van der Waals surface area contributed by atoms with E-state index < -0.39 is 0 Å². The van der Waals surface area contributed by atoms with Crippen molar-refractivity contribution < 1.29 is 4.79 Å². The molecule has 2 aromatic heterocycles. The molecule has 0 amide bonds. The van der Waals surface area contributed by atoms with Crippen molar-refractivity contribution in [3.05, 3.63) is 44.5 Å². The van der Waals surface area contributed by atoms with Gasteiger partial charge in [-0.25, -0.2) is 4.98 Å². The molecule has 0 aliphatic rings. The quantitative estimate of drug-likeness (QED) is 0.656. The fraction of sp³-hybridized carbons (Fsp3) is 0.100. The summed E-state index contributed by atoms with van der Waals surface area (Å²) in [6.07, 6.45) is 0. The van der Waals surface area contributed by atoms with E-state index in [1.165, 1.54) is 17.4 Å². The number of aromatic amines is 1. The lowest BCUT2D eigenvalue weighted by Crippen LogP contribution is -2.09. The van der Waals surface area contributed by atoms with E-state index in [4.69, 9.17) is 0 Å². The van der Waals surface area contributed by atoms with E-state index in [0.29, 0.717) is 15.7 Å². The van der Waals surface area contributed by atoms with Crippen molar-refractivity contribution in [1.29, 1.82) is 0 Å². The first kappa shape index (κ1) is 11.1. The number of H-pyrrole nitrogens is 1. The van der Waals surface area contributed by atoms with Crippen LogP contribution in [0.1, 0.15) is 15.4 Å². The number of carbonyl (C=O) groups excluding carboxylic acids is 1. The van der Waals surface area contributed by atoms with Gasteiger partial charge >= 0.3 is 0 Å². The molecule has 0 aromatic carbocycles. The third kappa shape index (κ3) is 2.59. The van der Waals surface area contributed by atoms with Crippen LogP contribution in [0, 0.1) is 6.92 Å². The van der Waals surface area contributed by atoms with Gasteiger partial charge in [-0.3, -0.25) is 9.59 Å². The molecule has 6 heteroatoms. The van der Waals surface area contributed by atoms with Crippen LogP contribution in [0.3, 0.4) is 0 Å². The highest BCUT2D eigenvalue weighted by atomic mass is 32.2. The number of thiophene rings is 1. The maximum atomic E-state index is 11.7. The Hall–Kier alpha value is -1.40. The zero-order chi connectivity index (χ0) is 11.5. The van der Waals surface area contributed by atoms with Gasteiger partial charge in [0, 0.05) is 11.8 Å². The van der Waals surface area contributed by atoms with Crippen LogP contribution in [0.4, 0.5) is 0 Å². The number of nitrogens with zero attached hydrogens (tertiary/aromatic N) is 1.